The smallest absolute Gasteiger partial charge is 0.269 e. The molecule has 0 aliphatic carbocycles. The summed E-state index contributed by atoms with van der Waals surface area (Å²) in [5, 5.41) is 5.64. The Balaban J connectivity index is 2.38. The van der Waals surface area contributed by atoms with Crippen LogP contribution in [-0.2, 0) is 6.42 Å². The molecule has 0 aliphatic heterocycles. The van der Waals surface area contributed by atoms with E-state index in [4.69, 9.17) is 17.3 Å². The van der Waals surface area contributed by atoms with Gasteiger partial charge in [0.2, 0.25) is 0 Å². The van der Waals surface area contributed by atoms with Crippen molar-refractivity contribution in [3.63, 3.8) is 0 Å². The number of nitrogen functional groups attached to an aromatic ring is 1. The standard InChI is InChI=1S/C10H10ClN3O/c11-8-4-2-1-3-6(8)5-7-9(12)13-14-10(7)15/h1-4H,5H2,(H4,12,13,14,15). The normalized spacial score (nSPS) is 10.5. The van der Waals surface area contributed by atoms with Crippen LogP contribution in [0.4, 0.5) is 5.82 Å². The van der Waals surface area contributed by atoms with Gasteiger partial charge in [-0.1, -0.05) is 29.8 Å². The predicted octanol–water partition coefficient (Wildman–Crippen LogP) is 1.53. The van der Waals surface area contributed by atoms with E-state index < -0.39 is 0 Å². The SMILES string of the molecule is Nc1[nH][nH]c(=O)c1Cc1ccccc1Cl. The molecule has 5 heteroatoms. The number of benzene rings is 1. The molecule has 1 aromatic heterocycles. The number of nitrogens with one attached hydrogen (secondary N) is 2. The molecule has 0 fully saturated rings. The number of aromatic nitrogens is 2. The molecular weight excluding hydrogens is 214 g/mol. The quantitative estimate of drug-likeness (QED) is 0.722. The van der Waals surface area contributed by atoms with Gasteiger partial charge in [0, 0.05) is 11.4 Å². The van der Waals surface area contributed by atoms with Crippen LogP contribution in [0.15, 0.2) is 29.1 Å². The average molecular weight is 224 g/mol. The summed E-state index contributed by atoms with van der Waals surface area (Å²) in [6, 6.07) is 7.37. The zero-order valence-corrected chi connectivity index (χ0v) is 8.64. The molecule has 0 atom stereocenters. The van der Waals surface area contributed by atoms with E-state index in [1.807, 2.05) is 18.2 Å². The zero-order chi connectivity index (χ0) is 10.8. The molecule has 1 aromatic carbocycles. The lowest BCUT2D eigenvalue weighted by molar-refractivity contribution is 1.06. The molecule has 78 valence electrons. The van der Waals surface area contributed by atoms with Gasteiger partial charge in [0.1, 0.15) is 5.82 Å². The van der Waals surface area contributed by atoms with Gasteiger partial charge < -0.3 is 5.73 Å². The lowest BCUT2D eigenvalue weighted by atomic mass is 10.1. The van der Waals surface area contributed by atoms with E-state index in [-0.39, 0.29) is 5.56 Å². The molecule has 0 saturated carbocycles. The fourth-order valence-corrected chi connectivity index (χ4v) is 1.61. The molecule has 2 aromatic rings. The van der Waals surface area contributed by atoms with Crippen LogP contribution in [0, 0.1) is 0 Å². The van der Waals surface area contributed by atoms with Gasteiger partial charge in [0.15, 0.2) is 0 Å². The molecule has 4 N–H and O–H groups in total. The topological polar surface area (TPSA) is 74.7 Å². The third-order valence-electron chi connectivity index (χ3n) is 2.23. The second-order valence-electron chi connectivity index (χ2n) is 3.24. The first-order valence-electron chi connectivity index (χ1n) is 4.47. The fourth-order valence-electron chi connectivity index (χ4n) is 1.41. The van der Waals surface area contributed by atoms with Crippen molar-refractivity contribution in [1.82, 2.24) is 10.2 Å². The summed E-state index contributed by atoms with van der Waals surface area (Å²) < 4.78 is 0. The molecule has 2 rings (SSSR count). The lowest BCUT2D eigenvalue weighted by Crippen LogP contribution is -2.07. The molecule has 4 nitrogen and oxygen atoms in total. The number of halogens is 1. The summed E-state index contributed by atoms with van der Waals surface area (Å²) in [7, 11) is 0. The second-order valence-corrected chi connectivity index (χ2v) is 3.65. The van der Waals surface area contributed by atoms with Crippen molar-refractivity contribution >= 4 is 17.4 Å². The Morgan fingerprint density at radius 2 is 2.00 bits per heavy atom. The molecule has 0 unspecified atom stereocenters. The van der Waals surface area contributed by atoms with E-state index in [0.717, 1.165) is 5.56 Å². The summed E-state index contributed by atoms with van der Waals surface area (Å²) >= 11 is 5.98. The van der Waals surface area contributed by atoms with Gasteiger partial charge in [0.05, 0.1) is 5.56 Å². The molecule has 0 aliphatic rings. The summed E-state index contributed by atoms with van der Waals surface area (Å²) in [6.07, 6.45) is 0.435. The second kappa shape index (κ2) is 3.82. The Hall–Kier alpha value is -1.68. The van der Waals surface area contributed by atoms with Crippen LogP contribution in [0.2, 0.25) is 5.02 Å². The minimum Gasteiger partial charge on any atom is -0.384 e. The largest absolute Gasteiger partial charge is 0.384 e. The number of aromatic amines is 2. The average Bonchev–Trinajstić information content (AvgIpc) is 2.53. The highest BCUT2D eigenvalue weighted by atomic mass is 35.5. The Kier molecular flexibility index (Phi) is 2.51. The van der Waals surface area contributed by atoms with Crippen molar-refractivity contribution in [1.29, 1.82) is 0 Å². The van der Waals surface area contributed by atoms with Crippen LogP contribution >= 0.6 is 11.6 Å². The van der Waals surface area contributed by atoms with Crippen LogP contribution in [-0.4, -0.2) is 10.2 Å². The fraction of sp³-hybridized carbons (Fsp3) is 0.100. The molecule has 0 radical (unpaired) electrons. The highest BCUT2D eigenvalue weighted by Gasteiger charge is 2.09. The summed E-state index contributed by atoms with van der Waals surface area (Å²) in [4.78, 5) is 11.3. The Morgan fingerprint density at radius 1 is 1.27 bits per heavy atom. The highest BCUT2D eigenvalue weighted by Crippen LogP contribution is 2.18. The lowest BCUT2D eigenvalue weighted by Gasteiger charge is -2.01. The maximum Gasteiger partial charge on any atom is 0.269 e. The van der Waals surface area contributed by atoms with Gasteiger partial charge in [0.25, 0.3) is 5.56 Å². The number of hydrogen-bond acceptors (Lipinski definition) is 2. The first-order valence-corrected chi connectivity index (χ1v) is 4.84. The van der Waals surface area contributed by atoms with Crippen molar-refractivity contribution in [3.05, 3.63) is 50.8 Å². The first-order chi connectivity index (χ1) is 7.18. The van der Waals surface area contributed by atoms with Crippen LogP contribution < -0.4 is 11.3 Å². The van der Waals surface area contributed by atoms with Crippen LogP contribution in [0.3, 0.4) is 0 Å². The Morgan fingerprint density at radius 3 is 2.60 bits per heavy atom. The third-order valence-corrected chi connectivity index (χ3v) is 2.60. The monoisotopic (exact) mass is 223 g/mol. The van der Waals surface area contributed by atoms with Crippen molar-refractivity contribution in [2.24, 2.45) is 0 Å². The molecule has 0 saturated heterocycles. The zero-order valence-electron chi connectivity index (χ0n) is 7.88. The third kappa shape index (κ3) is 1.89. The molecule has 1 heterocycles. The van der Waals surface area contributed by atoms with Crippen LogP contribution in [0.25, 0.3) is 0 Å². The van der Waals surface area contributed by atoms with Gasteiger partial charge >= 0.3 is 0 Å². The number of anilines is 1. The van der Waals surface area contributed by atoms with Crippen molar-refractivity contribution in [3.8, 4) is 0 Å². The minimum absolute atomic E-state index is 0.201. The molecule has 15 heavy (non-hydrogen) atoms. The van der Waals surface area contributed by atoms with Gasteiger partial charge in [-0.25, -0.2) is 0 Å². The molecule has 0 spiro atoms. The van der Waals surface area contributed by atoms with E-state index in [9.17, 15) is 4.79 Å². The van der Waals surface area contributed by atoms with Crippen LogP contribution in [0.1, 0.15) is 11.1 Å². The molecular formula is C10H10ClN3O. The predicted molar refractivity (Wildman–Crippen MR) is 60.1 cm³/mol. The van der Waals surface area contributed by atoms with Gasteiger partial charge in [-0.3, -0.25) is 15.0 Å². The van der Waals surface area contributed by atoms with Gasteiger partial charge in [-0.15, -0.1) is 0 Å². The van der Waals surface area contributed by atoms with E-state index in [0.29, 0.717) is 22.8 Å². The van der Waals surface area contributed by atoms with Gasteiger partial charge in [-0.05, 0) is 11.6 Å². The van der Waals surface area contributed by atoms with E-state index in [1.165, 1.54) is 0 Å². The number of H-pyrrole nitrogens is 2. The van der Waals surface area contributed by atoms with E-state index in [2.05, 4.69) is 10.2 Å². The summed E-state index contributed by atoms with van der Waals surface area (Å²) in [6.45, 7) is 0. The number of nitrogens with two attached hydrogens (primary N) is 1. The molecule has 0 bridgehead atoms. The Labute approximate surface area is 91.1 Å². The highest BCUT2D eigenvalue weighted by molar-refractivity contribution is 6.31. The van der Waals surface area contributed by atoms with E-state index in [1.54, 1.807) is 6.07 Å². The van der Waals surface area contributed by atoms with Crippen molar-refractivity contribution < 1.29 is 0 Å². The first kappa shape index (κ1) is 9.86. The van der Waals surface area contributed by atoms with Crippen LogP contribution in [0.5, 0.6) is 0 Å². The summed E-state index contributed by atoms with van der Waals surface area (Å²) in [5.41, 5.74) is 6.81. The van der Waals surface area contributed by atoms with Crippen molar-refractivity contribution in [2.75, 3.05) is 5.73 Å². The maximum absolute atomic E-state index is 11.3. The Bertz CT molecular complexity index is 529. The molecule has 0 amide bonds. The van der Waals surface area contributed by atoms with E-state index >= 15 is 0 Å². The number of hydrogen-bond donors (Lipinski definition) is 3. The number of rotatable bonds is 2. The minimum atomic E-state index is -0.201. The maximum atomic E-state index is 11.3. The van der Waals surface area contributed by atoms with Crippen molar-refractivity contribution in [2.45, 2.75) is 6.42 Å². The van der Waals surface area contributed by atoms with Gasteiger partial charge in [-0.2, -0.15) is 0 Å². The summed E-state index contributed by atoms with van der Waals surface area (Å²) in [5.74, 6) is 0.361.